The largest absolute Gasteiger partial charge is 0.472 e. The van der Waals surface area contributed by atoms with Gasteiger partial charge in [-0.3, -0.25) is 9.78 Å². The number of alkyl halides is 3. The summed E-state index contributed by atoms with van der Waals surface area (Å²) in [7, 11) is 0. The molecular formula is C17H13F3N4O2. The van der Waals surface area contributed by atoms with Crippen molar-refractivity contribution < 1.29 is 22.7 Å². The van der Waals surface area contributed by atoms with E-state index < -0.39 is 17.8 Å². The van der Waals surface area contributed by atoms with Crippen LogP contribution in [0.2, 0.25) is 0 Å². The third-order valence-corrected chi connectivity index (χ3v) is 3.88. The molecule has 0 aliphatic carbocycles. The summed E-state index contributed by atoms with van der Waals surface area (Å²) in [6.45, 7) is 0.681. The Morgan fingerprint density at radius 3 is 2.77 bits per heavy atom. The van der Waals surface area contributed by atoms with Crippen molar-refractivity contribution in [3.63, 3.8) is 0 Å². The van der Waals surface area contributed by atoms with Crippen LogP contribution in [0.3, 0.4) is 0 Å². The number of hydrogen-bond donors (Lipinski definition) is 0. The number of aromatic nitrogens is 2. The van der Waals surface area contributed by atoms with Crippen molar-refractivity contribution in [2.45, 2.75) is 18.7 Å². The predicted octanol–water partition coefficient (Wildman–Crippen LogP) is 2.66. The number of likely N-dealkylation sites (tertiary alicyclic amines) is 1. The molecule has 0 bridgehead atoms. The minimum atomic E-state index is -4.54. The van der Waals surface area contributed by atoms with Crippen LogP contribution in [0.15, 0.2) is 36.7 Å². The molecule has 9 heteroatoms. The van der Waals surface area contributed by atoms with Gasteiger partial charge in [0.1, 0.15) is 11.8 Å². The van der Waals surface area contributed by atoms with Crippen molar-refractivity contribution in [2.24, 2.45) is 0 Å². The highest BCUT2D eigenvalue weighted by atomic mass is 19.4. The van der Waals surface area contributed by atoms with Crippen LogP contribution in [0.5, 0.6) is 5.88 Å². The van der Waals surface area contributed by atoms with Gasteiger partial charge in [0, 0.05) is 31.4 Å². The number of carbonyl (C=O) groups is 1. The Kier molecular flexibility index (Phi) is 4.75. The maximum atomic E-state index is 12.5. The quantitative estimate of drug-likeness (QED) is 0.839. The minimum Gasteiger partial charge on any atom is -0.472 e. The molecule has 1 aliphatic rings. The Balaban J connectivity index is 1.63. The van der Waals surface area contributed by atoms with Crippen LogP contribution >= 0.6 is 0 Å². The Morgan fingerprint density at radius 1 is 1.31 bits per heavy atom. The lowest BCUT2D eigenvalue weighted by Gasteiger charge is -2.17. The molecule has 134 valence electrons. The van der Waals surface area contributed by atoms with Gasteiger partial charge in [-0.2, -0.15) is 18.4 Å². The molecule has 0 spiro atoms. The van der Waals surface area contributed by atoms with Crippen LogP contribution in [-0.2, 0) is 6.18 Å². The van der Waals surface area contributed by atoms with E-state index in [0.717, 1.165) is 18.3 Å². The Hall–Kier alpha value is -3.15. The number of carbonyl (C=O) groups excluding carboxylic acids is 1. The van der Waals surface area contributed by atoms with Gasteiger partial charge < -0.3 is 9.64 Å². The Bertz CT molecular complexity index is 846. The summed E-state index contributed by atoms with van der Waals surface area (Å²) in [6, 6.07) is 6.94. The number of nitrogens with zero attached hydrogens (tertiary/aromatic N) is 4. The third-order valence-electron chi connectivity index (χ3n) is 3.88. The van der Waals surface area contributed by atoms with Crippen molar-refractivity contribution in [3.8, 4) is 11.9 Å². The van der Waals surface area contributed by atoms with Crippen molar-refractivity contribution >= 4 is 5.91 Å². The van der Waals surface area contributed by atoms with E-state index in [1.807, 2.05) is 6.07 Å². The zero-order valence-electron chi connectivity index (χ0n) is 13.4. The topological polar surface area (TPSA) is 79.1 Å². The fourth-order valence-corrected chi connectivity index (χ4v) is 2.59. The highest BCUT2D eigenvalue weighted by Crippen LogP contribution is 2.27. The molecule has 0 N–H and O–H groups in total. The second-order valence-corrected chi connectivity index (χ2v) is 5.70. The lowest BCUT2D eigenvalue weighted by atomic mass is 10.2. The molecule has 2 aromatic rings. The fourth-order valence-electron chi connectivity index (χ4n) is 2.59. The lowest BCUT2D eigenvalue weighted by Crippen LogP contribution is -2.31. The predicted molar refractivity (Wildman–Crippen MR) is 83.1 cm³/mol. The maximum Gasteiger partial charge on any atom is 0.433 e. The number of pyridine rings is 2. The third kappa shape index (κ3) is 3.91. The van der Waals surface area contributed by atoms with Gasteiger partial charge in [0.05, 0.1) is 23.7 Å². The molecule has 0 aromatic carbocycles. The fraction of sp³-hybridized carbons (Fsp3) is 0.294. The lowest BCUT2D eigenvalue weighted by molar-refractivity contribution is -0.141. The van der Waals surface area contributed by atoms with E-state index >= 15 is 0 Å². The van der Waals surface area contributed by atoms with Crippen molar-refractivity contribution in [2.75, 3.05) is 13.1 Å². The Labute approximate surface area is 146 Å². The van der Waals surface area contributed by atoms with Gasteiger partial charge in [-0.15, -0.1) is 0 Å². The molecule has 26 heavy (non-hydrogen) atoms. The van der Waals surface area contributed by atoms with E-state index in [4.69, 9.17) is 10.00 Å². The van der Waals surface area contributed by atoms with E-state index in [0.29, 0.717) is 24.4 Å². The first kappa shape index (κ1) is 17.7. The SMILES string of the molecule is N#Cc1ccnc(OC2CCN(C(=O)c3ccc(C(F)(F)F)nc3)C2)c1. The van der Waals surface area contributed by atoms with Gasteiger partial charge in [-0.1, -0.05) is 0 Å². The first-order chi connectivity index (χ1) is 12.4. The number of amides is 1. The zero-order chi connectivity index (χ0) is 18.7. The second kappa shape index (κ2) is 7.00. The first-order valence-electron chi connectivity index (χ1n) is 7.72. The summed E-state index contributed by atoms with van der Waals surface area (Å²) in [6.07, 6.45) is -1.91. The monoisotopic (exact) mass is 362 g/mol. The number of nitriles is 1. The highest BCUT2D eigenvalue weighted by molar-refractivity contribution is 5.94. The smallest absolute Gasteiger partial charge is 0.433 e. The normalized spacial score (nSPS) is 17.0. The maximum absolute atomic E-state index is 12.5. The summed E-state index contributed by atoms with van der Waals surface area (Å²) < 4.78 is 43.3. The first-order valence-corrected chi connectivity index (χ1v) is 7.72. The summed E-state index contributed by atoms with van der Waals surface area (Å²) in [5.74, 6) is -0.115. The number of halogens is 3. The van der Waals surface area contributed by atoms with E-state index in [1.165, 1.54) is 17.2 Å². The minimum absolute atomic E-state index is 0.0863. The Morgan fingerprint density at radius 2 is 2.12 bits per heavy atom. The molecule has 0 saturated carbocycles. The van der Waals surface area contributed by atoms with Crippen molar-refractivity contribution in [1.82, 2.24) is 14.9 Å². The molecule has 1 fully saturated rings. The molecule has 1 saturated heterocycles. The van der Waals surface area contributed by atoms with E-state index in [9.17, 15) is 18.0 Å². The second-order valence-electron chi connectivity index (χ2n) is 5.70. The molecular weight excluding hydrogens is 349 g/mol. The van der Waals surface area contributed by atoms with Gasteiger partial charge in [0.2, 0.25) is 5.88 Å². The van der Waals surface area contributed by atoms with Gasteiger partial charge in [-0.05, 0) is 18.2 Å². The standard InChI is InChI=1S/C17H13F3N4O2/c18-17(19,20)14-2-1-12(9-23-14)16(25)24-6-4-13(10-24)26-15-7-11(8-21)3-5-22-15/h1-3,5,7,9,13H,4,6,10H2. The van der Waals surface area contributed by atoms with E-state index in [-0.39, 0.29) is 18.2 Å². The molecule has 1 unspecified atom stereocenters. The van der Waals surface area contributed by atoms with E-state index in [2.05, 4.69) is 9.97 Å². The van der Waals surface area contributed by atoms with Crippen LogP contribution in [0.4, 0.5) is 13.2 Å². The van der Waals surface area contributed by atoms with Crippen LogP contribution in [0.25, 0.3) is 0 Å². The molecule has 2 aromatic heterocycles. The number of ether oxygens (including phenoxy) is 1. The van der Waals surface area contributed by atoms with Gasteiger partial charge in [-0.25, -0.2) is 4.98 Å². The van der Waals surface area contributed by atoms with Crippen LogP contribution in [-0.4, -0.2) is 40.0 Å². The number of rotatable bonds is 3. The van der Waals surface area contributed by atoms with E-state index in [1.54, 1.807) is 6.07 Å². The van der Waals surface area contributed by atoms with Gasteiger partial charge in [0.15, 0.2) is 0 Å². The summed E-state index contributed by atoms with van der Waals surface area (Å²) in [5, 5.41) is 8.87. The highest BCUT2D eigenvalue weighted by Gasteiger charge is 2.33. The molecule has 1 amide bonds. The average molecular weight is 362 g/mol. The summed E-state index contributed by atoms with van der Waals surface area (Å²) >= 11 is 0. The van der Waals surface area contributed by atoms with Crippen LogP contribution in [0.1, 0.15) is 28.0 Å². The zero-order valence-corrected chi connectivity index (χ0v) is 13.4. The van der Waals surface area contributed by atoms with Gasteiger partial charge >= 0.3 is 6.18 Å². The molecule has 3 heterocycles. The summed E-state index contributed by atoms with van der Waals surface area (Å²) in [4.78, 5) is 21.2. The summed E-state index contributed by atoms with van der Waals surface area (Å²) in [5.41, 5.74) is -0.542. The van der Waals surface area contributed by atoms with Crippen LogP contribution in [0, 0.1) is 11.3 Å². The molecule has 6 nitrogen and oxygen atoms in total. The molecule has 0 radical (unpaired) electrons. The average Bonchev–Trinajstić information content (AvgIpc) is 3.09. The van der Waals surface area contributed by atoms with Crippen molar-refractivity contribution in [3.05, 3.63) is 53.5 Å². The van der Waals surface area contributed by atoms with Crippen LogP contribution < -0.4 is 4.74 Å². The van der Waals surface area contributed by atoms with Gasteiger partial charge in [0.25, 0.3) is 5.91 Å². The number of hydrogen-bond acceptors (Lipinski definition) is 5. The van der Waals surface area contributed by atoms with Crippen molar-refractivity contribution in [1.29, 1.82) is 5.26 Å². The molecule has 3 rings (SSSR count). The molecule has 1 atom stereocenters. The molecule has 1 aliphatic heterocycles.